The molecule has 0 aliphatic carbocycles. The molecule has 0 aliphatic rings. The van der Waals surface area contributed by atoms with Gasteiger partial charge in [0.2, 0.25) is 0 Å². The Labute approximate surface area is 103 Å². The van der Waals surface area contributed by atoms with Crippen LogP contribution in [0.2, 0.25) is 0 Å². The van der Waals surface area contributed by atoms with Crippen molar-refractivity contribution in [3.63, 3.8) is 0 Å². The summed E-state index contributed by atoms with van der Waals surface area (Å²) in [6.07, 6.45) is 0. The van der Waals surface area contributed by atoms with Crippen molar-refractivity contribution in [2.24, 2.45) is 5.73 Å². The molecule has 1 unspecified atom stereocenters. The van der Waals surface area contributed by atoms with Gasteiger partial charge in [-0.15, -0.1) is 0 Å². The fourth-order valence-corrected chi connectivity index (χ4v) is 2.13. The van der Waals surface area contributed by atoms with E-state index < -0.39 is 0 Å². The van der Waals surface area contributed by atoms with E-state index in [0.29, 0.717) is 0 Å². The number of nitrogens with two attached hydrogens (primary N) is 1. The van der Waals surface area contributed by atoms with Gasteiger partial charge >= 0.3 is 0 Å². The van der Waals surface area contributed by atoms with Gasteiger partial charge in [0, 0.05) is 6.04 Å². The molecule has 0 saturated carbocycles. The summed E-state index contributed by atoms with van der Waals surface area (Å²) < 4.78 is 0. The van der Waals surface area contributed by atoms with Gasteiger partial charge < -0.3 is 5.73 Å². The molecule has 1 nitrogen and oxygen atoms in total. The SMILES string of the molecule is Cc1ccc(-c2cccc(C(C)N)c2)c(C)c1. The molecule has 0 bridgehead atoms. The number of hydrogen-bond donors (Lipinski definition) is 1. The predicted molar refractivity (Wildman–Crippen MR) is 74.0 cm³/mol. The maximum Gasteiger partial charge on any atom is 0.0266 e. The quantitative estimate of drug-likeness (QED) is 0.821. The molecule has 0 aliphatic heterocycles. The zero-order chi connectivity index (χ0) is 12.4. The molecule has 0 fully saturated rings. The summed E-state index contributed by atoms with van der Waals surface area (Å²) in [5, 5.41) is 0. The van der Waals surface area contributed by atoms with Crippen LogP contribution >= 0.6 is 0 Å². The molecule has 0 spiro atoms. The summed E-state index contributed by atoms with van der Waals surface area (Å²) >= 11 is 0. The predicted octanol–water partition coefficient (Wildman–Crippen LogP) is 3.99. The van der Waals surface area contributed by atoms with Crippen LogP contribution in [0.4, 0.5) is 0 Å². The summed E-state index contributed by atoms with van der Waals surface area (Å²) in [6.45, 7) is 6.29. The first kappa shape index (κ1) is 11.9. The highest BCUT2D eigenvalue weighted by Crippen LogP contribution is 2.26. The van der Waals surface area contributed by atoms with Crippen LogP contribution in [0.1, 0.15) is 29.7 Å². The number of aryl methyl sites for hydroxylation is 2. The lowest BCUT2D eigenvalue weighted by Gasteiger charge is -2.11. The van der Waals surface area contributed by atoms with Crippen LogP contribution in [-0.4, -0.2) is 0 Å². The van der Waals surface area contributed by atoms with Gasteiger partial charge in [0.1, 0.15) is 0 Å². The van der Waals surface area contributed by atoms with Crippen molar-refractivity contribution < 1.29 is 0 Å². The van der Waals surface area contributed by atoms with E-state index in [2.05, 4.69) is 56.3 Å². The second kappa shape index (κ2) is 4.72. The average molecular weight is 225 g/mol. The molecule has 0 amide bonds. The smallest absolute Gasteiger partial charge is 0.0266 e. The molecule has 1 atom stereocenters. The van der Waals surface area contributed by atoms with Crippen molar-refractivity contribution in [3.05, 3.63) is 59.2 Å². The first-order chi connectivity index (χ1) is 8.08. The van der Waals surface area contributed by atoms with Gasteiger partial charge in [-0.2, -0.15) is 0 Å². The van der Waals surface area contributed by atoms with Crippen LogP contribution in [-0.2, 0) is 0 Å². The van der Waals surface area contributed by atoms with Gasteiger partial charge in [-0.3, -0.25) is 0 Å². The molecular weight excluding hydrogens is 206 g/mol. The lowest BCUT2D eigenvalue weighted by Crippen LogP contribution is -2.04. The third-order valence-corrected chi connectivity index (χ3v) is 3.11. The number of hydrogen-bond acceptors (Lipinski definition) is 1. The van der Waals surface area contributed by atoms with Crippen molar-refractivity contribution >= 4 is 0 Å². The first-order valence-electron chi connectivity index (χ1n) is 6.01. The Kier molecular flexibility index (Phi) is 3.30. The van der Waals surface area contributed by atoms with Gasteiger partial charge in [0.05, 0.1) is 0 Å². The Morgan fingerprint density at radius 2 is 1.76 bits per heavy atom. The Morgan fingerprint density at radius 1 is 1.00 bits per heavy atom. The molecule has 1 heteroatoms. The van der Waals surface area contributed by atoms with E-state index in [1.165, 1.54) is 27.8 Å². The van der Waals surface area contributed by atoms with Crippen LogP contribution in [0.25, 0.3) is 11.1 Å². The lowest BCUT2D eigenvalue weighted by molar-refractivity contribution is 0.818. The van der Waals surface area contributed by atoms with Crippen molar-refractivity contribution in [2.75, 3.05) is 0 Å². The molecule has 2 aromatic carbocycles. The largest absolute Gasteiger partial charge is 0.324 e. The van der Waals surface area contributed by atoms with Crippen LogP contribution in [0, 0.1) is 13.8 Å². The highest BCUT2D eigenvalue weighted by molar-refractivity contribution is 5.68. The summed E-state index contributed by atoms with van der Waals surface area (Å²) in [5.41, 5.74) is 12.3. The second-order valence-electron chi connectivity index (χ2n) is 4.73. The van der Waals surface area contributed by atoms with E-state index >= 15 is 0 Å². The molecule has 0 aromatic heterocycles. The zero-order valence-corrected chi connectivity index (χ0v) is 10.7. The van der Waals surface area contributed by atoms with Gasteiger partial charge in [0.15, 0.2) is 0 Å². The van der Waals surface area contributed by atoms with Crippen molar-refractivity contribution in [3.8, 4) is 11.1 Å². The standard InChI is InChI=1S/C16H19N/c1-11-7-8-16(12(2)9-11)15-6-4-5-14(10-15)13(3)17/h4-10,13H,17H2,1-3H3. The van der Waals surface area contributed by atoms with Gasteiger partial charge in [-0.05, 0) is 49.1 Å². The highest BCUT2D eigenvalue weighted by Gasteiger charge is 2.04. The van der Waals surface area contributed by atoms with E-state index in [1.54, 1.807) is 0 Å². The van der Waals surface area contributed by atoms with Crippen LogP contribution in [0.5, 0.6) is 0 Å². The number of rotatable bonds is 2. The summed E-state index contributed by atoms with van der Waals surface area (Å²) in [6, 6.07) is 15.1. The normalized spacial score (nSPS) is 12.5. The van der Waals surface area contributed by atoms with Crippen LogP contribution in [0.15, 0.2) is 42.5 Å². The zero-order valence-electron chi connectivity index (χ0n) is 10.7. The molecule has 0 saturated heterocycles. The molecular formula is C16H19N. The average Bonchev–Trinajstić information content (AvgIpc) is 2.29. The molecule has 0 radical (unpaired) electrons. The Balaban J connectivity index is 2.49. The Hall–Kier alpha value is -1.60. The summed E-state index contributed by atoms with van der Waals surface area (Å²) in [7, 11) is 0. The van der Waals surface area contributed by atoms with Gasteiger partial charge in [-0.25, -0.2) is 0 Å². The maximum atomic E-state index is 5.92. The topological polar surface area (TPSA) is 26.0 Å². The number of benzene rings is 2. The summed E-state index contributed by atoms with van der Waals surface area (Å²) in [4.78, 5) is 0. The molecule has 17 heavy (non-hydrogen) atoms. The minimum absolute atomic E-state index is 0.0840. The van der Waals surface area contributed by atoms with E-state index in [9.17, 15) is 0 Å². The Bertz CT molecular complexity index is 527. The first-order valence-corrected chi connectivity index (χ1v) is 6.01. The lowest BCUT2D eigenvalue weighted by atomic mass is 9.96. The minimum Gasteiger partial charge on any atom is -0.324 e. The van der Waals surface area contributed by atoms with Gasteiger partial charge in [0.25, 0.3) is 0 Å². The fraction of sp³-hybridized carbons (Fsp3) is 0.250. The molecule has 2 N–H and O–H groups in total. The van der Waals surface area contributed by atoms with Crippen molar-refractivity contribution in [1.82, 2.24) is 0 Å². The third kappa shape index (κ3) is 2.56. The van der Waals surface area contributed by atoms with E-state index in [-0.39, 0.29) is 6.04 Å². The van der Waals surface area contributed by atoms with Crippen molar-refractivity contribution in [1.29, 1.82) is 0 Å². The van der Waals surface area contributed by atoms with Crippen LogP contribution < -0.4 is 5.73 Å². The minimum atomic E-state index is 0.0840. The molecule has 88 valence electrons. The maximum absolute atomic E-state index is 5.92. The third-order valence-electron chi connectivity index (χ3n) is 3.11. The van der Waals surface area contributed by atoms with E-state index in [1.807, 2.05) is 6.92 Å². The molecule has 2 aromatic rings. The van der Waals surface area contributed by atoms with Crippen molar-refractivity contribution in [2.45, 2.75) is 26.8 Å². The van der Waals surface area contributed by atoms with E-state index in [4.69, 9.17) is 5.73 Å². The van der Waals surface area contributed by atoms with Crippen LogP contribution in [0.3, 0.4) is 0 Å². The highest BCUT2D eigenvalue weighted by atomic mass is 14.6. The Morgan fingerprint density at radius 3 is 2.41 bits per heavy atom. The van der Waals surface area contributed by atoms with E-state index in [0.717, 1.165) is 0 Å². The monoisotopic (exact) mass is 225 g/mol. The second-order valence-corrected chi connectivity index (χ2v) is 4.73. The fourth-order valence-electron chi connectivity index (χ4n) is 2.13. The van der Waals surface area contributed by atoms with Gasteiger partial charge in [-0.1, -0.05) is 42.0 Å². The molecule has 0 heterocycles. The molecule has 2 rings (SSSR count). The summed E-state index contributed by atoms with van der Waals surface area (Å²) in [5.74, 6) is 0.